The molecule has 166 valence electrons. The van der Waals surface area contributed by atoms with Gasteiger partial charge >= 0.3 is 0 Å². The number of nitrogens with one attached hydrogen (secondary N) is 1. The van der Waals surface area contributed by atoms with Crippen LogP contribution in [0.2, 0.25) is 0 Å². The summed E-state index contributed by atoms with van der Waals surface area (Å²) in [5.41, 5.74) is 3.42. The molecule has 2 aromatic carbocycles. The number of anilines is 2. The number of hydrogen-bond acceptors (Lipinski definition) is 4. The maximum absolute atomic E-state index is 12.7. The van der Waals surface area contributed by atoms with Crippen LogP contribution in [0, 0.1) is 19.8 Å². The Morgan fingerprint density at radius 3 is 2.32 bits per heavy atom. The standard InChI is InChI=1S/C23H29N3O4S/c1-5-25(6-2)31(29,30)20-10-8-19(9-11-20)26-15-18(14-22(26)27)23(28)24-21-12-7-16(3)13-17(21)4/h7-13,18H,5-6,14-15H2,1-4H3,(H,24,28). The van der Waals surface area contributed by atoms with E-state index in [-0.39, 0.29) is 29.7 Å². The van der Waals surface area contributed by atoms with Crippen molar-refractivity contribution in [1.82, 2.24) is 4.31 Å². The first-order valence-corrected chi connectivity index (χ1v) is 11.9. The molecule has 1 atom stereocenters. The van der Waals surface area contributed by atoms with Crippen molar-refractivity contribution in [1.29, 1.82) is 0 Å². The van der Waals surface area contributed by atoms with E-state index in [1.165, 1.54) is 16.4 Å². The molecule has 0 aliphatic carbocycles. The number of nitrogens with zero attached hydrogens (tertiary/aromatic N) is 2. The minimum Gasteiger partial charge on any atom is -0.326 e. The second-order valence-corrected chi connectivity index (χ2v) is 9.73. The minimum absolute atomic E-state index is 0.121. The number of benzene rings is 2. The van der Waals surface area contributed by atoms with Gasteiger partial charge in [0.15, 0.2) is 0 Å². The third-order valence-electron chi connectivity index (χ3n) is 5.63. The van der Waals surface area contributed by atoms with Crippen molar-refractivity contribution in [3.8, 4) is 0 Å². The Bertz CT molecular complexity index is 1080. The average Bonchev–Trinajstić information content (AvgIpc) is 3.12. The summed E-state index contributed by atoms with van der Waals surface area (Å²) in [6.45, 7) is 8.55. The Balaban J connectivity index is 1.72. The molecule has 0 bridgehead atoms. The van der Waals surface area contributed by atoms with Gasteiger partial charge in [-0.2, -0.15) is 4.31 Å². The zero-order chi connectivity index (χ0) is 22.8. The molecule has 31 heavy (non-hydrogen) atoms. The summed E-state index contributed by atoms with van der Waals surface area (Å²) in [5.74, 6) is -0.809. The van der Waals surface area contributed by atoms with E-state index in [4.69, 9.17) is 0 Å². The maximum Gasteiger partial charge on any atom is 0.243 e. The molecule has 1 fully saturated rings. The van der Waals surface area contributed by atoms with Crippen LogP contribution in [0.5, 0.6) is 0 Å². The molecule has 8 heteroatoms. The lowest BCUT2D eigenvalue weighted by atomic mass is 10.1. The molecule has 3 rings (SSSR count). The largest absolute Gasteiger partial charge is 0.326 e. The first-order valence-electron chi connectivity index (χ1n) is 10.5. The van der Waals surface area contributed by atoms with Gasteiger partial charge in [-0.05, 0) is 49.7 Å². The maximum atomic E-state index is 12.7. The van der Waals surface area contributed by atoms with Crippen molar-refractivity contribution in [2.45, 2.75) is 39.0 Å². The van der Waals surface area contributed by atoms with E-state index in [0.29, 0.717) is 18.8 Å². The number of hydrogen-bond donors (Lipinski definition) is 1. The smallest absolute Gasteiger partial charge is 0.243 e. The van der Waals surface area contributed by atoms with Crippen molar-refractivity contribution in [2.24, 2.45) is 5.92 Å². The number of carbonyl (C=O) groups is 2. The fourth-order valence-corrected chi connectivity index (χ4v) is 5.29. The Hall–Kier alpha value is -2.71. The molecule has 1 saturated heterocycles. The van der Waals surface area contributed by atoms with Gasteiger partial charge in [0.25, 0.3) is 0 Å². The highest BCUT2D eigenvalue weighted by Gasteiger charge is 2.35. The van der Waals surface area contributed by atoms with Crippen LogP contribution in [0.4, 0.5) is 11.4 Å². The van der Waals surface area contributed by atoms with Crippen LogP contribution in [0.1, 0.15) is 31.4 Å². The number of rotatable bonds is 7. The molecule has 0 aromatic heterocycles. The molecule has 2 aromatic rings. The molecule has 0 radical (unpaired) electrons. The van der Waals surface area contributed by atoms with Crippen molar-refractivity contribution in [2.75, 3.05) is 29.9 Å². The van der Waals surface area contributed by atoms with Gasteiger partial charge in [0.1, 0.15) is 0 Å². The summed E-state index contributed by atoms with van der Waals surface area (Å²) in [4.78, 5) is 27.0. The molecule has 1 unspecified atom stereocenters. The number of sulfonamides is 1. The van der Waals surface area contributed by atoms with Crippen LogP contribution in [0.3, 0.4) is 0 Å². The Morgan fingerprint density at radius 2 is 1.74 bits per heavy atom. The number of aryl methyl sites for hydroxylation is 2. The molecule has 0 saturated carbocycles. The topological polar surface area (TPSA) is 86.8 Å². The summed E-state index contributed by atoms with van der Waals surface area (Å²) in [5, 5.41) is 2.92. The summed E-state index contributed by atoms with van der Waals surface area (Å²) in [6, 6.07) is 12.1. The first kappa shape index (κ1) is 23.0. The van der Waals surface area contributed by atoms with Crippen LogP contribution in [0.15, 0.2) is 47.4 Å². The monoisotopic (exact) mass is 443 g/mol. The van der Waals surface area contributed by atoms with Crippen LogP contribution in [-0.4, -0.2) is 44.2 Å². The Morgan fingerprint density at radius 1 is 1.10 bits per heavy atom. The van der Waals surface area contributed by atoms with Crippen LogP contribution in [0.25, 0.3) is 0 Å². The molecule has 1 aliphatic heterocycles. The number of carbonyl (C=O) groups excluding carboxylic acids is 2. The van der Waals surface area contributed by atoms with E-state index >= 15 is 0 Å². The van der Waals surface area contributed by atoms with E-state index in [2.05, 4.69) is 5.32 Å². The lowest BCUT2D eigenvalue weighted by Crippen LogP contribution is -2.31. The van der Waals surface area contributed by atoms with Crippen LogP contribution < -0.4 is 10.2 Å². The van der Waals surface area contributed by atoms with E-state index in [9.17, 15) is 18.0 Å². The second-order valence-electron chi connectivity index (χ2n) is 7.80. The minimum atomic E-state index is -3.56. The first-order chi connectivity index (χ1) is 14.7. The molecular weight excluding hydrogens is 414 g/mol. The third-order valence-corrected chi connectivity index (χ3v) is 7.69. The third kappa shape index (κ3) is 4.80. The summed E-state index contributed by atoms with van der Waals surface area (Å²) >= 11 is 0. The van der Waals surface area contributed by atoms with Gasteiger partial charge in [0.2, 0.25) is 21.8 Å². The molecule has 2 amide bonds. The zero-order valence-corrected chi connectivity index (χ0v) is 19.2. The molecule has 7 nitrogen and oxygen atoms in total. The lowest BCUT2D eigenvalue weighted by molar-refractivity contribution is -0.122. The highest BCUT2D eigenvalue weighted by atomic mass is 32.2. The van der Waals surface area contributed by atoms with Gasteiger partial charge in [-0.1, -0.05) is 31.5 Å². The van der Waals surface area contributed by atoms with E-state index in [1.54, 1.807) is 30.9 Å². The summed E-state index contributed by atoms with van der Waals surface area (Å²) in [6.07, 6.45) is 0.121. The van der Waals surface area contributed by atoms with Crippen LogP contribution >= 0.6 is 0 Å². The zero-order valence-electron chi connectivity index (χ0n) is 18.4. The van der Waals surface area contributed by atoms with E-state index in [0.717, 1.165) is 16.8 Å². The summed E-state index contributed by atoms with van der Waals surface area (Å²) in [7, 11) is -3.56. The van der Waals surface area contributed by atoms with Crippen molar-refractivity contribution in [3.63, 3.8) is 0 Å². The van der Waals surface area contributed by atoms with Crippen molar-refractivity contribution in [3.05, 3.63) is 53.6 Å². The molecule has 1 N–H and O–H groups in total. The van der Waals surface area contributed by atoms with Gasteiger partial charge in [-0.25, -0.2) is 8.42 Å². The van der Waals surface area contributed by atoms with Gasteiger partial charge in [-0.15, -0.1) is 0 Å². The van der Waals surface area contributed by atoms with Crippen molar-refractivity contribution >= 4 is 33.2 Å². The Labute approximate surface area is 184 Å². The van der Waals surface area contributed by atoms with E-state index in [1.807, 2.05) is 32.0 Å². The molecule has 1 heterocycles. The SMILES string of the molecule is CCN(CC)S(=O)(=O)c1ccc(N2CC(C(=O)Nc3ccc(C)cc3C)CC2=O)cc1. The quantitative estimate of drug-likeness (QED) is 0.711. The fraction of sp³-hybridized carbons (Fsp3) is 0.391. The normalized spacial score (nSPS) is 16.7. The van der Waals surface area contributed by atoms with Gasteiger partial charge in [0.05, 0.1) is 10.8 Å². The fourth-order valence-electron chi connectivity index (χ4n) is 3.83. The van der Waals surface area contributed by atoms with E-state index < -0.39 is 15.9 Å². The highest BCUT2D eigenvalue weighted by molar-refractivity contribution is 7.89. The highest BCUT2D eigenvalue weighted by Crippen LogP contribution is 2.28. The van der Waals surface area contributed by atoms with Crippen LogP contribution in [-0.2, 0) is 19.6 Å². The predicted molar refractivity (Wildman–Crippen MR) is 122 cm³/mol. The van der Waals surface area contributed by atoms with Crippen molar-refractivity contribution < 1.29 is 18.0 Å². The summed E-state index contributed by atoms with van der Waals surface area (Å²) < 4.78 is 26.7. The predicted octanol–water partition coefficient (Wildman–Crippen LogP) is 3.33. The Kier molecular flexibility index (Phi) is 6.81. The average molecular weight is 444 g/mol. The molecule has 0 spiro atoms. The molecular formula is C23H29N3O4S. The van der Waals surface area contributed by atoms with Gasteiger partial charge < -0.3 is 10.2 Å². The van der Waals surface area contributed by atoms with Gasteiger partial charge in [0, 0.05) is 37.4 Å². The lowest BCUT2D eigenvalue weighted by Gasteiger charge is -2.20. The van der Waals surface area contributed by atoms with Gasteiger partial charge in [-0.3, -0.25) is 9.59 Å². The second kappa shape index (κ2) is 9.20. The molecule has 1 aliphatic rings. The number of amides is 2.